The van der Waals surface area contributed by atoms with Crippen molar-refractivity contribution in [3.63, 3.8) is 0 Å². The highest BCUT2D eigenvalue weighted by Gasteiger charge is 2.15. The van der Waals surface area contributed by atoms with Crippen molar-refractivity contribution in [2.45, 2.75) is 13.5 Å². The number of anilines is 1. The Morgan fingerprint density at radius 2 is 2.25 bits per heavy atom. The number of benzene rings is 1. The van der Waals surface area contributed by atoms with E-state index < -0.39 is 5.97 Å². The fourth-order valence-corrected chi connectivity index (χ4v) is 2.70. The Bertz CT molecular complexity index is 668. The molecule has 6 nitrogen and oxygen atoms in total. The summed E-state index contributed by atoms with van der Waals surface area (Å²) >= 11 is 1.33. The van der Waals surface area contributed by atoms with E-state index in [0.29, 0.717) is 16.6 Å². The number of aromatic nitrogens is 1. The third-order valence-electron chi connectivity index (χ3n) is 2.88. The van der Waals surface area contributed by atoms with Crippen molar-refractivity contribution in [2.75, 3.05) is 12.1 Å². The zero-order chi connectivity index (χ0) is 14.1. The summed E-state index contributed by atoms with van der Waals surface area (Å²) in [4.78, 5) is 15.7. The van der Waals surface area contributed by atoms with Gasteiger partial charge in [0.05, 0.1) is 0 Å². The van der Waals surface area contributed by atoms with E-state index in [2.05, 4.69) is 10.3 Å². The lowest BCUT2D eigenvalue weighted by molar-refractivity contribution is 0.0690. The Morgan fingerprint density at radius 1 is 1.45 bits per heavy atom. The number of hydrogen-bond donors (Lipinski definition) is 2. The molecule has 2 heterocycles. The molecule has 0 bridgehead atoms. The van der Waals surface area contributed by atoms with Crippen LogP contribution in [0.5, 0.6) is 11.5 Å². The largest absolute Gasteiger partial charge is 0.476 e. The van der Waals surface area contributed by atoms with Crippen molar-refractivity contribution >= 4 is 22.4 Å². The minimum atomic E-state index is -1.00. The van der Waals surface area contributed by atoms with Gasteiger partial charge in [-0.05, 0) is 24.6 Å². The number of hydrogen-bond acceptors (Lipinski definition) is 6. The third kappa shape index (κ3) is 2.39. The minimum Gasteiger partial charge on any atom is -0.476 e. The number of nitrogens with zero attached hydrogens (tertiary/aromatic N) is 1. The van der Waals surface area contributed by atoms with Gasteiger partial charge in [0.25, 0.3) is 0 Å². The second kappa shape index (κ2) is 5.01. The molecule has 1 aromatic carbocycles. The summed E-state index contributed by atoms with van der Waals surface area (Å²) in [6, 6.07) is 5.68. The molecule has 2 aromatic rings. The molecule has 1 aliphatic rings. The highest BCUT2D eigenvalue weighted by molar-refractivity contribution is 7.15. The molecule has 104 valence electrons. The van der Waals surface area contributed by atoms with Gasteiger partial charge in [-0.2, -0.15) is 0 Å². The van der Waals surface area contributed by atoms with Crippen molar-refractivity contribution in [1.82, 2.24) is 4.98 Å². The molecular formula is C13H12N2O4S. The number of nitrogens with one attached hydrogen (secondary N) is 1. The second-order valence-electron chi connectivity index (χ2n) is 4.27. The van der Waals surface area contributed by atoms with Gasteiger partial charge in [0.1, 0.15) is 0 Å². The number of aromatic carboxylic acids is 1. The van der Waals surface area contributed by atoms with Crippen LogP contribution < -0.4 is 14.8 Å². The first-order valence-electron chi connectivity index (χ1n) is 5.96. The first-order chi connectivity index (χ1) is 9.63. The van der Waals surface area contributed by atoms with Crippen molar-refractivity contribution in [2.24, 2.45) is 0 Å². The number of carbonyl (C=O) groups is 1. The summed E-state index contributed by atoms with van der Waals surface area (Å²) in [6.07, 6.45) is 0. The van der Waals surface area contributed by atoms with Gasteiger partial charge < -0.3 is 19.9 Å². The van der Waals surface area contributed by atoms with Crippen LogP contribution in [0.25, 0.3) is 0 Å². The predicted octanol–water partition coefficient (Wildman–Crippen LogP) is 2.49. The van der Waals surface area contributed by atoms with Crippen LogP contribution in [0.15, 0.2) is 18.2 Å². The van der Waals surface area contributed by atoms with Crippen LogP contribution in [0.3, 0.4) is 0 Å². The lowest BCUT2D eigenvalue weighted by atomic mass is 10.2. The van der Waals surface area contributed by atoms with Crippen LogP contribution in [0.4, 0.5) is 5.13 Å². The van der Waals surface area contributed by atoms with Crippen molar-refractivity contribution < 1.29 is 19.4 Å². The van der Waals surface area contributed by atoms with E-state index in [1.807, 2.05) is 18.2 Å². The average molecular weight is 292 g/mol. The lowest BCUT2D eigenvalue weighted by Gasteiger charge is -2.04. The summed E-state index contributed by atoms with van der Waals surface area (Å²) in [6.45, 7) is 2.54. The molecule has 2 N–H and O–H groups in total. The highest BCUT2D eigenvalue weighted by Crippen LogP contribution is 2.32. The fraction of sp³-hybridized carbons (Fsp3) is 0.231. The number of ether oxygens (including phenoxy) is 2. The van der Waals surface area contributed by atoms with E-state index >= 15 is 0 Å². The van der Waals surface area contributed by atoms with Gasteiger partial charge in [-0.3, -0.25) is 0 Å². The molecule has 1 aromatic heterocycles. The van der Waals surface area contributed by atoms with Crippen molar-refractivity contribution in [3.05, 3.63) is 34.3 Å². The molecule has 0 radical (unpaired) electrons. The zero-order valence-corrected chi connectivity index (χ0v) is 11.5. The predicted molar refractivity (Wildman–Crippen MR) is 73.7 cm³/mol. The van der Waals surface area contributed by atoms with Gasteiger partial charge in [0, 0.05) is 11.4 Å². The molecule has 0 saturated heterocycles. The molecular weight excluding hydrogens is 280 g/mol. The van der Waals surface area contributed by atoms with E-state index in [0.717, 1.165) is 17.1 Å². The second-order valence-corrected chi connectivity index (χ2v) is 5.47. The molecule has 0 amide bonds. The quantitative estimate of drug-likeness (QED) is 0.901. The van der Waals surface area contributed by atoms with Gasteiger partial charge in [0.2, 0.25) is 6.79 Å². The Labute approximate surface area is 119 Å². The maximum atomic E-state index is 10.9. The minimum absolute atomic E-state index is 0.100. The average Bonchev–Trinajstić information content (AvgIpc) is 3.01. The first kappa shape index (κ1) is 12.7. The van der Waals surface area contributed by atoms with Gasteiger partial charge >= 0.3 is 5.97 Å². The van der Waals surface area contributed by atoms with E-state index in [1.54, 1.807) is 6.92 Å². The molecule has 0 fully saturated rings. The highest BCUT2D eigenvalue weighted by atomic mass is 32.1. The molecule has 3 rings (SSSR count). The van der Waals surface area contributed by atoms with E-state index in [-0.39, 0.29) is 12.5 Å². The van der Waals surface area contributed by atoms with Gasteiger partial charge in [-0.15, -0.1) is 11.3 Å². The van der Waals surface area contributed by atoms with Crippen LogP contribution in [0.1, 0.15) is 20.9 Å². The molecule has 0 spiro atoms. The number of thiazole rings is 1. The number of rotatable bonds is 4. The Hall–Kier alpha value is -2.28. The van der Waals surface area contributed by atoms with Crippen LogP contribution in [-0.4, -0.2) is 22.9 Å². The summed E-state index contributed by atoms with van der Waals surface area (Å²) in [5, 5.41) is 12.7. The van der Waals surface area contributed by atoms with E-state index in [4.69, 9.17) is 14.6 Å². The monoisotopic (exact) mass is 292 g/mol. The summed E-state index contributed by atoms with van der Waals surface area (Å²) in [7, 11) is 0. The van der Waals surface area contributed by atoms with E-state index in [1.165, 1.54) is 11.3 Å². The topological polar surface area (TPSA) is 80.7 Å². The van der Waals surface area contributed by atoms with Crippen molar-refractivity contribution in [1.29, 1.82) is 0 Å². The van der Waals surface area contributed by atoms with Crippen LogP contribution >= 0.6 is 11.3 Å². The van der Waals surface area contributed by atoms with Crippen LogP contribution in [0, 0.1) is 6.92 Å². The Kier molecular flexibility index (Phi) is 3.19. The van der Waals surface area contributed by atoms with Crippen LogP contribution in [-0.2, 0) is 6.54 Å². The van der Waals surface area contributed by atoms with Crippen LogP contribution in [0.2, 0.25) is 0 Å². The van der Waals surface area contributed by atoms with Gasteiger partial charge in [-0.1, -0.05) is 6.07 Å². The maximum absolute atomic E-state index is 10.9. The Morgan fingerprint density at radius 3 is 3.00 bits per heavy atom. The molecule has 7 heteroatoms. The Balaban J connectivity index is 1.70. The standard InChI is InChI=1S/C13H12N2O4S/c1-7-11(12(16)17)15-13(20-7)14-5-8-2-3-9-10(4-8)19-6-18-9/h2-4H,5-6H2,1H3,(H,14,15)(H,16,17). The smallest absolute Gasteiger partial charge is 0.355 e. The molecule has 20 heavy (non-hydrogen) atoms. The SMILES string of the molecule is Cc1sc(NCc2ccc3c(c2)OCO3)nc1C(=O)O. The molecule has 0 atom stereocenters. The molecule has 0 unspecified atom stereocenters. The normalized spacial score (nSPS) is 12.4. The van der Waals surface area contributed by atoms with E-state index in [9.17, 15) is 4.79 Å². The molecule has 0 saturated carbocycles. The molecule has 1 aliphatic heterocycles. The maximum Gasteiger partial charge on any atom is 0.355 e. The number of aryl methyl sites for hydroxylation is 1. The summed E-state index contributed by atoms with van der Waals surface area (Å²) in [5.41, 5.74) is 1.11. The van der Waals surface area contributed by atoms with Gasteiger partial charge in [-0.25, -0.2) is 9.78 Å². The number of carboxylic acid groups (broad SMARTS) is 1. The first-order valence-corrected chi connectivity index (χ1v) is 6.78. The van der Waals surface area contributed by atoms with Gasteiger partial charge in [0.15, 0.2) is 22.3 Å². The third-order valence-corrected chi connectivity index (χ3v) is 3.81. The zero-order valence-electron chi connectivity index (χ0n) is 10.7. The molecule has 0 aliphatic carbocycles. The van der Waals surface area contributed by atoms with Crippen molar-refractivity contribution in [3.8, 4) is 11.5 Å². The lowest BCUT2D eigenvalue weighted by Crippen LogP contribution is -2.01. The number of carboxylic acids is 1. The number of fused-ring (bicyclic) bond motifs is 1. The summed E-state index contributed by atoms with van der Waals surface area (Å²) in [5.74, 6) is 0.465. The summed E-state index contributed by atoms with van der Waals surface area (Å²) < 4.78 is 10.5. The fourth-order valence-electron chi connectivity index (χ4n) is 1.90.